The van der Waals surface area contributed by atoms with Gasteiger partial charge in [-0.25, -0.2) is 9.98 Å². The Morgan fingerprint density at radius 1 is 0.868 bits per heavy atom. The topological polar surface area (TPSA) is 72.7 Å². The van der Waals surface area contributed by atoms with E-state index in [4.69, 9.17) is 24.2 Å². The van der Waals surface area contributed by atoms with Crippen LogP contribution < -0.4 is 4.74 Å². The highest BCUT2D eigenvalue weighted by Crippen LogP contribution is 2.29. The molecule has 2 aliphatic rings. The molecule has 0 unspecified atom stereocenters. The molecule has 0 atom stereocenters. The number of ether oxygens (including phenoxy) is 3. The van der Waals surface area contributed by atoms with E-state index in [0.717, 1.165) is 28.2 Å². The Labute approximate surface area is 222 Å². The highest BCUT2D eigenvalue weighted by molar-refractivity contribution is 6.48. The largest absolute Gasteiger partial charge is 0.493 e. The van der Waals surface area contributed by atoms with Crippen LogP contribution in [0.25, 0.3) is 11.8 Å². The third-order valence-electron chi connectivity index (χ3n) is 6.27. The maximum absolute atomic E-state index is 13.4. The number of rotatable bonds is 10. The van der Waals surface area contributed by atoms with Crippen molar-refractivity contribution >= 4 is 29.2 Å². The van der Waals surface area contributed by atoms with E-state index in [9.17, 15) is 4.79 Å². The first-order chi connectivity index (χ1) is 18.6. The van der Waals surface area contributed by atoms with E-state index < -0.39 is 0 Å². The van der Waals surface area contributed by atoms with Crippen molar-refractivity contribution in [3.63, 3.8) is 0 Å². The summed E-state index contributed by atoms with van der Waals surface area (Å²) >= 11 is 0. The minimum absolute atomic E-state index is 0.174. The minimum Gasteiger partial charge on any atom is -0.493 e. The molecule has 7 nitrogen and oxygen atoms in total. The van der Waals surface area contributed by atoms with Gasteiger partial charge >= 0.3 is 0 Å². The van der Waals surface area contributed by atoms with Crippen LogP contribution in [0.1, 0.15) is 23.1 Å². The molecule has 0 bridgehead atoms. The lowest BCUT2D eigenvalue weighted by molar-refractivity contribution is -0.120. The average Bonchev–Trinajstić information content (AvgIpc) is 3.27. The van der Waals surface area contributed by atoms with Crippen molar-refractivity contribution in [3.05, 3.63) is 114 Å². The molecule has 0 radical (unpaired) electrons. The van der Waals surface area contributed by atoms with Crippen molar-refractivity contribution in [2.75, 3.05) is 20.8 Å². The summed E-state index contributed by atoms with van der Waals surface area (Å²) in [5.41, 5.74) is 4.71. The molecule has 192 valence electrons. The zero-order valence-corrected chi connectivity index (χ0v) is 21.4. The van der Waals surface area contributed by atoms with Gasteiger partial charge in [-0.05, 0) is 41.5 Å². The molecule has 2 aliphatic heterocycles. The Balaban J connectivity index is 1.41. The summed E-state index contributed by atoms with van der Waals surface area (Å²) < 4.78 is 16.2. The van der Waals surface area contributed by atoms with Crippen LogP contribution in [0.15, 0.2) is 107 Å². The molecular formula is C31H29N3O4. The molecule has 0 spiro atoms. The number of amidine groups is 1. The summed E-state index contributed by atoms with van der Waals surface area (Å²) in [4.78, 5) is 24.7. The van der Waals surface area contributed by atoms with Crippen molar-refractivity contribution < 1.29 is 19.0 Å². The molecule has 0 saturated heterocycles. The summed E-state index contributed by atoms with van der Waals surface area (Å²) in [6, 6.07) is 27.5. The molecule has 38 heavy (non-hydrogen) atoms. The molecule has 0 N–H and O–H groups in total. The summed E-state index contributed by atoms with van der Waals surface area (Å²) in [6.45, 7) is 0.465. The fourth-order valence-electron chi connectivity index (χ4n) is 4.28. The van der Waals surface area contributed by atoms with Gasteiger partial charge in [0.05, 0.1) is 18.0 Å². The number of hydrogen-bond donors (Lipinski definition) is 0. The van der Waals surface area contributed by atoms with E-state index in [1.807, 2.05) is 91.0 Å². The molecule has 0 fully saturated rings. The Kier molecular flexibility index (Phi) is 7.87. The Morgan fingerprint density at radius 3 is 2.24 bits per heavy atom. The summed E-state index contributed by atoms with van der Waals surface area (Å²) in [5, 5.41) is 0. The van der Waals surface area contributed by atoms with Crippen LogP contribution in [-0.4, -0.2) is 49.5 Å². The van der Waals surface area contributed by atoms with E-state index in [0.29, 0.717) is 36.7 Å². The second-order valence-corrected chi connectivity index (χ2v) is 8.85. The Bertz CT molecular complexity index is 1390. The zero-order chi connectivity index (χ0) is 26.3. The number of hydrogen-bond acceptors (Lipinski definition) is 6. The summed E-state index contributed by atoms with van der Waals surface area (Å²) in [7, 11) is 3.21. The molecule has 3 aromatic carbocycles. The van der Waals surface area contributed by atoms with Gasteiger partial charge < -0.3 is 14.2 Å². The normalized spacial score (nSPS) is 15.9. The van der Waals surface area contributed by atoms with Gasteiger partial charge in [0.25, 0.3) is 5.91 Å². The first-order valence-corrected chi connectivity index (χ1v) is 12.5. The van der Waals surface area contributed by atoms with Crippen molar-refractivity contribution in [1.29, 1.82) is 0 Å². The quantitative estimate of drug-likeness (QED) is 0.274. The standard InChI is InChI=1S/C31H29N3O4/c1-36-29(37-2)17-18-38-25-15-13-24(14-16-25)28-21-34-30(26(32-28)19-22-9-5-3-6-10-22)33-27(31(34)35)20-23-11-7-4-8-12-23/h3-16,20-21,29H,17-19H2,1-2H3/b27-20-. The lowest BCUT2D eigenvalue weighted by atomic mass is 10.0. The first-order valence-electron chi connectivity index (χ1n) is 12.5. The lowest BCUT2D eigenvalue weighted by Gasteiger charge is -2.22. The van der Waals surface area contributed by atoms with E-state index in [2.05, 4.69) is 0 Å². The van der Waals surface area contributed by atoms with Gasteiger partial charge in [-0.2, -0.15) is 0 Å². The first kappa shape index (κ1) is 25.3. The Morgan fingerprint density at radius 2 is 1.55 bits per heavy atom. The van der Waals surface area contributed by atoms with Crippen molar-refractivity contribution in [3.8, 4) is 5.75 Å². The van der Waals surface area contributed by atoms with Crippen molar-refractivity contribution in [1.82, 2.24) is 4.90 Å². The number of methoxy groups -OCH3 is 2. The van der Waals surface area contributed by atoms with Gasteiger partial charge in [0.15, 0.2) is 12.1 Å². The third kappa shape index (κ3) is 5.80. The number of carbonyl (C=O) groups excluding carboxylic acids is 1. The Hall–Kier alpha value is -4.33. The zero-order valence-electron chi connectivity index (χ0n) is 21.4. The van der Waals surface area contributed by atoms with E-state index in [-0.39, 0.29) is 12.2 Å². The predicted molar refractivity (Wildman–Crippen MR) is 149 cm³/mol. The van der Waals surface area contributed by atoms with Gasteiger partial charge in [0, 0.05) is 38.8 Å². The number of amides is 1. The predicted octanol–water partition coefficient (Wildman–Crippen LogP) is 5.35. The molecule has 0 aliphatic carbocycles. The second kappa shape index (κ2) is 11.8. The van der Waals surface area contributed by atoms with Crippen molar-refractivity contribution in [2.45, 2.75) is 19.1 Å². The summed E-state index contributed by atoms with van der Waals surface area (Å²) in [5.74, 6) is 1.13. The van der Waals surface area contributed by atoms with Crippen LogP contribution in [0.2, 0.25) is 0 Å². The molecule has 1 amide bonds. The summed E-state index contributed by atoms with van der Waals surface area (Å²) in [6.07, 6.45) is 4.45. The van der Waals surface area contributed by atoms with E-state index in [1.54, 1.807) is 25.3 Å². The molecule has 7 heteroatoms. The highest BCUT2D eigenvalue weighted by Gasteiger charge is 2.35. The third-order valence-corrected chi connectivity index (χ3v) is 6.27. The van der Waals surface area contributed by atoms with Gasteiger partial charge in [-0.1, -0.05) is 60.7 Å². The fraction of sp³-hybridized carbons (Fsp3) is 0.194. The van der Waals surface area contributed by atoms with Crippen molar-refractivity contribution in [2.24, 2.45) is 9.98 Å². The molecule has 2 heterocycles. The van der Waals surface area contributed by atoms with E-state index >= 15 is 0 Å². The smallest absolute Gasteiger partial charge is 0.282 e. The number of carbonyl (C=O) groups is 1. The maximum Gasteiger partial charge on any atom is 0.282 e. The number of nitrogens with zero attached hydrogens (tertiary/aromatic N) is 3. The van der Waals surface area contributed by atoms with Gasteiger partial charge in [0.2, 0.25) is 0 Å². The lowest BCUT2D eigenvalue weighted by Crippen LogP contribution is -2.36. The maximum atomic E-state index is 13.4. The number of benzene rings is 3. The molecule has 0 saturated carbocycles. The molecule has 0 aromatic heterocycles. The van der Waals surface area contributed by atoms with Gasteiger partial charge in [-0.15, -0.1) is 0 Å². The molecule has 3 aromatic rings. The van der Waals surface area contributed by atoms with Crippen LogP contribution in [0.3, 0.4) is 0 Å². The van der Waals surface area contributed by atoms with Crippen LogP contribution in [0.5, 0.6) is 5.75 Å². The van der Waals surface area contributed by atoms with Crippen LogP contribution >= 0.6 is 0 Å². The highest BCUT2D eigenvalue weighted by atomic mass is 16.7. The number of aliphatic imine (C=N–C) groups is 2. The molecular weight excluding hydrogens is 478 g/mol. The minimum atomic E-state index is -0.297. The number of fused-ring (bicyclic) bond motifs is 1. The second-order valence-electron chi connectivity index (χ2n) is 8.85. The van der Waals surface area contributed by atoms with E-state index in [1.165, 1.54) is 0 Å². The van der Waals surface area contributed by atoms with Gasteiger partial charge in [0.1, 0.15) is 11.4 Å². The van der Waals surface area contributed by atoms with Crippen LogP contribution in [0.4, 0.5) is 0 Å². The molecule has 5 rings (SSSR count). The van der Waals surface area contributed by atoms with Crippen LogP contribution in [0, 0.1) is 0 Å². The fourth-order valence-corrected chi connectivity index (χ4v) is 4.28. The van der Waals surface area contributed by atoms with Crippen LogP contribution in [-0.2, 0) is 20.7 Å². The van der Waals surface area contributed by atoms with Gasteiger partial charge in [-0.3, -0.25) is 9.69 Å². The monoisotopic (exact) mass is 507 g/mol. The SMILES string of the molecule is COC(CCOc1ccc(C2=CN3C(=O)/C(=C/c4ccccc4)N=C3C(Cc3ccccc3)=N2)cc1)OC. The average molecular weight is 508 g/mol.